The highest BCUT2D eigenvalue weighted by molar-refractivity contribution is 7.99. The molecular formula is C18H19N5O2S2. The van der Waals surface area contributed by atoms with Gasteiger partial charge in [0.05, 0.1) is 16.3 Å². The van der Waals surface area contributed by atoms with E-state index in [1.54, 1.807) is 22.2 Å². The molecule has 140 valence electrons. The van der Waals surface area contributed by atoms with Crippen molar-refractivity contribution in [2.45, 2.75) is 31.3 Å². The molecule has 1 aromatic carbocycles. The first-order valence-corrected chi connectivity index (χ1v) is 10.4. The van der Waals surface area contributed by atoms with Gasteiger partial charge in [0, 0.05) is 0 Å². The Kier molecular flexibility index (Phi) is 6.72. The van der Waals surface area contributed by atoms with Crippen molar-refractivity contribution < 1.29 is 9.59 Å². The van der Waals surface area contributed by atoms with Gasteiger partial charge in [-0.1, -0.05) is 43.3 Å². The molecule has 0 aliphatic carbocycles. The average Bonchev–Trinajstić information content (AvgIpc) is 3.37. The van der Waals surface area contributed by atoms with Gasteiger partial charge in [0.15, 0.2) is 0 Å². The maximum atomic E-state index is 12.0. The zero-order chi connectivity index (χ0) is 19.1. The maximum absolute atomic E-state index is 12.0. The van der Waals surface area contributed by atoms with Crippen molar-refractivity contribution in [3.63, 3.8) is 0 Å². The van der Waals surface area contributed by atoms with E-state index >= 15 is 0 Å². The molecule has 2 aromatic heterocycles. The minimum atomic E-state index is -0.391. The number of unbranched alkanes of at least 4 members (excludes halogenated alkanes) is 1. The van der Waals surface area contributed by atoms with Crippen LogP contribution in [0.1, 0.15) is 35.0 Å². The predicted octanol–water partition coefficient (Wildman–Crippen LogP) is 3.12. The number of benzene rings is 1. The molecule has 27 heavy (non-hydrogen) atoms. The average molecular weight is 402 g/mol. The zero-order valence-corrected chi connectivity index (χ0v) is 16.4. The van der Waals surface area contributed by atoms with E-state index in [4.69, 9.17) is 0 Å². The molecule has 0 radical (unpaired) electrons. The fourth-order valence-electron chi connectivity index (χ4n) is 2.38. The van der Waals surface area contributed by atoms with Gasteiger partial charge in [-0.2, -0.15) is 4.68 Å². The second-order valence-electron chi connectivity index (χ2n) is 5.79. The van der Waals surface area contributed by atoms with Gasteiger partial charge in [-0.3, -0.25) is 14.9 Å². The molecule has 0 unspecified atom stereocenters. The van der Waals surface area contributed by atoms with Crippen molar-refractivity contribution in [1.82, 2.24) is 25.5 Å². The Bertz CT molecular complexity index is 891. The second-order valence-corrected chi connectivity index (χ2v) is 7.68. The Labute approximate surface area is 165 Å². The lowest BCUT2D eigenvalue weighted by molar-refractivity contribution is -0.117. The summed E-state index contributed by atoms with van der Waals surface area (Å²) in [5.74, 6) is -0.729. The summed E-state index contributed by atoms with van der Waals surface area (Å²) in [5.41, 5.74) is 2.10. The summed E-state index contributed by atoms with van der Waals surface area (Å²) in [6.45, 7) is 2.17. The molecule has 2 amide bonds. The van der Waals surface area contributed by atoms with Crippen LogP contribution < -0.4 is 5.32 Å². The molecule has 3 aromatic rings. The van der Waals surface area contributed by atoms with E-state index in [0.29, 0.717) is 10.0 Å². The first-order chi connectivity index (χ1) is 13.2. The van der Waals surface area contributed by atoms with E-state index in [2.05, 4.69) is 39.9 Å². The third-order valence-electron chi connectivity index (χ3n) is 3.77. The Morgan fingerprint density at radius 3 is 2.74 bits per heavy atom. The van der Waals surface area contributed by atoms with Gasteiger partial charge in [0.2, 0.25) is 11.1 Å². The first kappa shape index (κ1) is 19.2. The summed E-state index contributed by atoms with van der Waals surface area (Å²) in [6, 6.07) is 11.5. The van der Waals surface area contributed by atoms with Gasteiger partial charge in [-0.25, -0.2) is 0 Å². The number of hydrogen-bond donors (Lipinski definition) is 1. The van der Waals surface area contributed by atoms with Crippen LogP contribution in [0.3, 0.4) is 0 Å². The van der Waals surface area contributed by atoms with Crippen molar-refractivity contribution in [3.8, 4) is 5.69 Å². The molecule has 7 nitrogen and oxygen atoms in total. The summed E-state index contributed by atoms with van der Waals surface area (Å²) in [5, 5.41) is 16.3. The molecule has 0 aliphatic heterocycles. The third kappa shape index (κ3) is 5.24. The van der Waals surface area contributed by atoms with Gasteiger partial charge in [-0.05, 0) is 52.4 Å². The van der Waals surface area contributed by atoms with Crippen molar-refractivity contribution in [3.05, 3.63) is 52.2 Å². The first-order valence-electron chi connectivity index (χ1n) is 8.55. The lowest BCUT2D eigenvalue weighted by Gasteiger charge is -2.06. The molecular weight excluding hydrogens is 382 g/mol. The molecule has 0 saturated carbocycles. The highest BCUT2D eigenvalue weighted by atomic mass is 32.2. The summed E-state index contributed by atoms with van der Waals surface area (Å²) in [4.78, 5) is 24.4. The van der Waals surface area contributed by atoms with Crippen LogP contribution in [0.25, 0.3) is 5.69 Å². The van der Waals surface area contributed by atoms with Crippen LogP contribution in [-0.2, 0) is 11.2 Å². The molecule has 0 fully saturated rings. The van der Waals surface area contributed by atoms with Crippen LogP contribution in [0.15, 0.2) is 46.9 Å². The minimum Gasteiger partial charge on any atom is -0.291 e. The number of hydrogen-bond acceptors (Lipinski definition) is 7. The standard InChI is InChI=1S/C18H19N5O2S2/c1-2-3-5-13-7-9-14(10-8-13)23-18(20-21-22-23)27-12-16(24)19-17(25)15-6-4-11-26-15/h4,6-11H,2-3,5,12H2,1H3,(H,19,24,25). The van der Waals surface area contributed by atoms with Crippen LogP contribution in [0.5, 0.6) is 0 Å². The molecule has 2 heterocycles. The number of nitrogens with zero attached hydrogens (tertiary/aromatic N) is 4. The summed E-state index contributed by atoms with van der Waals surface area (Å²) < 4.78 is 1.59. The van der Waals surface area contributed by atoms with E-state index in [-0.39, 0.29) is 11.7 Å². The van der Waals surface area contributed by atoms with E-state index < -0.39 is 5.91 Å². The SMILES string of the molecule is CCCCc1ccc(-n2nnnc2SCC(=O)NC(=O)c2cccs2)cc1. The Hall–Kier alpha value is -2.52. The monoisotopic (exact) mass is 401 g/mol. The van der Waals surface area contributed by atoms with E-state index in [1.165, 1.54) is 28.7 Å². The van der Waals surface area contributed by atoms with Crippen molar-refractivity contribution in [2.75, 3.05) is 5.75 Å². The molecule has 1 N–H and O–H groups in total. The predicted molar refractivity (Wildman–Crippen MR) is 105 cm³/mol. The van der Waals surface area contributed by atoms with E-state index in [0.717, 1.165) is 24.9 Å². The lowest BCUT2D eigenvalue weighted by Crippen LogP contribution is -2.31. The summed E-state index contributed by atoms with van der Waals surface area (Å²) in [6.07, 6.45) is 3.36. The molecule has 0 saturated heterocycles. The van der Waals surface area contributed by atoms with Gasteiger partial charge < -0.3 is 0 Å². The van der Waals surface area contributed by atoms with Gasteiger partial charge in [0.1, 0.15) is 0 Å². The number of tetrazole rings is 1. The van der Waals surface area contributed by atoms with Gasteiger partial charge in [-0.15, -0.1) is 16.4 Å². The van der Waals surface area contributed by atoms with Gasteiger partial charge >= 0.3 is 0 Å². The van der Waals surface area contributed by atoms with Crippen LogP contribution in [-0.4, -0.2) is 37.8 Å². The number of rotatable bonds is 8. The zero-order valence-electron chi connectivity index (χ0n) is 14.8. The quantitative estimate of drug-likeness (QED) is 0.583. The number of imide groups is 1. The van der Waals surface area contributed by atoms with E-state index in [1.807, 2.05) is 12.1 Å². The number of thioether (sulfide) groups is 1. The number of amides is 2. The second kappa shape index (κ2) is 9.43. The van der Waals surface area contributed by atoms with Crippen LogP contribution in [0.4, 0.5) is 0 Å². The maximum Gasteiger partial charge on any atom is 0.267 e. The summed E-state index contributed by atoms with van der Waals surface area (Å²) >= 11 is 2.47. The van der Waals surface area contributed by atoms with Crippen LogP contribution in [0.2, 0.25) is 0 Å². The number of aromatic nitrogens is 4. The number of carbonyl (C=O) groups excluding carboxylic acids is 2. The fraction of sp³-hybridized carbons (Fsp3) is 0.278. The Morgan fingerprint density at radius 1 is 1.22 bits per heavy atom. The molecule has 0 bridgehead atoms. The molecule has 3 rings (SSSR count). The van der Waals surface area contributed by atoms with Crippen molar-refractivity contribution >= 4 is 34.9 Å². The van der Waals surface area contributed by atoms with Crippen LogP contribution >= 0.6 is 23.1 Å². The molecule has 9 heteroatoms. The normalized spacial score (nSPS) is 10.7. The Morgan fingerprint density at radius 2 is 2.04 bits per heavy atom. The number of aryl methyl sites for hydroxylation is 1. The highest BCUT2D eigenvalue weighted by Gasteiger charge is 2.14. The molecule has 0 aliphatic rings. The Balaban J connectivity index is 1.58. The smallest absolute Gasteiger partial charge is 0.267 e. The number of nitrogens with one attached hydrogen (secondary N) is 1. The van der Waals surface area contributed by atoms with E-state index in [9.17, 15) is 9.59 Å². The third-order valence-corrected chi connectivity index (χ3v) is 5.56. The van der Waals surface area contributed by atoms with Crippen molar-refractivity contribution in [2.24, 2.45) is 0 Å². The minimum absolute atomic E-state index is 0.0477. The number of thiophene rings is 1. The lowest BCUT2D eigenvalue weighted by atomic mass is 10.1. The number of carbonyl (C=O) groups is 2. The van der Waals surface area contributed by atoms with Gasteiger partial charge in [0.25, 0.3) is 5.91 Å². The highest BCUT2D eigenvalue weighted by Crippen LogP contribution is 2.19. The molecule has 0 atom stereocenters. The largest absolute Gasteiger partial charge is 0.291 e. The topological polar surface area (TPSA) is 89.8 Å². The summed E-state index contributed by atoms with van der Waals surface area (Å²) in [7, 11) is 0. The van der Waals surface area contributed by atoms with Crippen molar-refractivity contribution in [1.29, 1.82) is 0 Å². The fourth-order valence-corrected chi connectivity index (χ4v) is 3.69. The van der Waals surface area contributed by atoms with Crippen LogP contribution in [0, 0.1) is 0 Å². The molecule has 0 spiro atoms.